The topological polar surface area (TPSA) is 87.8 Å². The van der Waals surface area contributed by atoms with E-state index in [9.17, 15) is 8.42 Å². The summed E-state index contributed by atoms with van der Waals surface area (Å²) in [6, 6.07) is 5.85. The Bertz CT molecular complexity index is 777. The molecule has 0 fully saturated rings. The first kappa shape index (κ1) is 14.5. The van der Waals surface area contributed by atoms with Crippen molar-refractivity contribution in [3.8, 4) is 6.07 Å². The Labute approximate surface area is 121 Å². The minimum absolute atomic E-state index is 0.0189. The zero-order valence-corrected chi connectivity index (χ0v) is 12.1. The second-order valence-corrected chi connectivity index (χ2v) is 6.27. The van der Waals surface area contributed by atoms with Crippen molar-refractivity contribution in [2.24, 2.45) is 7.05 Å². The van der Waals surface area contributed by atoms with Crippen LogP contribution < -0.4 is 4.72 Å². The fraction of sp³-hybridized carbons (Fsp3) is 0.167. The van der Waals surface area contributed by atoms with Gasteiger partial charge in [-0.15, -0.1) is 0 Å². The largest absolute Gasteiger partial charge is 0.275 e. The summed E-state index contributed by atoms with van der Waals surface area (Å²) in [6.45, 7) is 0.133. The molecule has 0 saturated heterocycles. The first-order valence-corrected chi connectivity index (χ1v) is 7.45. The van der Waals surface area contributed by atoms with Gasteiger partial charge in [-0.1, -0.05) is 11.6 Å². The van der Waals surface area contributed by atoms with Crippen LogP contribution >= 0.6 is 11.6 Å². The maximum atomic E-state index is 12.1. The lowest BCUT2D eigenvalue weighted by atomic mass is 10.2. The Balaban J connectivity index is 2.18. The molecule has 0 aliphatic rings. The van der Waals surface area contributed by atoms with Gasteiger partial charge in [0, 0.05) is 25.4 Å². The molecule has 0 spiro atoms. The molecule has 20 heavy (non-hydrogen) atoms. The Morgan fingerprint density at radius 3 is 2.80 bits per heavy atom. The molecule has 0 unspecified atom stereocenters. The van der Waals surface area contributed by atoms with E-state index < -0.39 is 10.0 Å². The van der Waals surface area contributed by atoms with E-state index in [1.807, 2.05) is 6.07 Å². The van der Waals surface area contributed by atoms with Crippen LogP contribution in [-0.4, -0.2) is 18.2 Å². The van der Waals surface area contributed by atoms with Crippen molar-refractivity contribution in [3.05, 3.63) is 46.7 Å². The van der Waals surface area contributed by atoms with Crippen LogP contribution in [0.3, 0.4) is 0 Å². The number of hydrogen-bond donors (Lipinski definition) is 1. The molecular weight excluding hydrogens is 300 g/mol. The van der Waals surface area contributed by atoms with Gasteiger partial charge in [0.25, 0.3) is 0 Å². The number of halogens is 1. The van der Waals surface area contributed by atoms with E-state index in [-0.39, 0.29) is 22.0 Å². The van der Waals surface area contributed by atoms with Crippen molar-refractivity contribution < 1.29 is 8.42 Å². The molecule has 0 aliphatic carbocycles. The highest BCUT2D eigenvalue weighted by Gasteiger charge is 2.15. The van der Waals surface area contributed by atoms with Crippen LogP contribution in [0.4, 0.5) is 0 Å². The van der Waals surface area contributed by atoms with Crippen LogP contribution in [0.15, 0.2) is 35.5 Å². The number of aryl methyl sites for hydroxylation is 1. The molecular formula is C12H11ClN4O2S. The van der Waals surface area contributed by atoms with Crippen LogP contribution in [0.5, 0.6) is 0 Å². The Kier molecular flexibility index (Phi) is 4.09. The van der Waals surface area contributed by atoms with Crippen molar-refractivity contribution in [1.82, 2.24) is 14.5 Å². The summed E-state index contributed by atoms with van der Waals surface area (Å²) in [6.07, 6.45) is 3.29. The maximum absolute atomic E-state index is 12.1. The summed E-state index contributed by atoms with van der Waals surface area (Å²) in [5.74, 6) is 0. The monoisotopic (exact) mass is 310 g/mol. The number of nitriles is 1. The fourth-order valence-electron chi connectivity index (χ4n) is 1.58. The van der Waals surface area contributed by atoms with Gasteiger partial charge in [-0.2, -0.15) is 10.4 Å². The Morgan fingerprint density at radius 2 is 2.25 bits per heavy atom. The predicted molar refractivity (Wildman–Crippen MR) is 73.4 cm³/mol. The molecule has 0 atom stereocenters. The molecule has 0 bridgehead atoms. The average Bonchev–Trinajstić information content (AvgIpc) is 2.82. The van der Waals surface area contributed by atoms with Crippen molar-refractivity contribution in [1.29, 1.82) is 5.26 Å². The molecule has 0 amide bonds. The molecule has 2 rings (SSSR count). The van der Waals surface area contributed by atoms with E-state index >= 15 is 0 Å². The van der Waals surface area contributed by atoms with Gasteiger partial charge in [-0.25, -0.2) is 13.1 Å². The lowest BCUT2D eigenvalue weighted by Crippen LogP contribution is -2.23. The van der Waals surface area contributed by atoms with Crippen molar-refractivity contribution in [2.75, 3.05) is 0 Å². The van der Waals surface area contributed by atoms with Gasteiger partial charge in [-0.05, 0) is 18.2 Å². The van der Waals surface area contributed by atoms with Crippen molar-refractivity contribution in [3.63, 3.8) is 0 Å². The Morgan fingerprint density at radius 1 is 1.50 bits per heavy atom. The van der Waals surface area contributed by atoms with Crippen molar-refractivity contribution in [2.45, 2.75) is 11.4 Å². The SMILES string of the molecule is Cn1cc(CNS(=O)(=O)c2ccc(C#N)c(Cl)c2)cn1. The number of sulfonamides is 1. The molecule has 0 radical (unpaired) electrons. The number of aromatic nitrogens is 2. The van der Waals surface area contributed by atoms with E-state index in [1.165, 1.54) is 18.2 Å². The molecule has 0 saturated carbocycles. The van der Waals surface area contributed by atoms with Gasteiger partial charge in [0.2, 0.25) is 10.0 Å². The molecule has 1 heterocycles. The number of rotatable bonds is 4. The zero-order chi connectivity index (χ0) is 14.8. The molecule has 1 aromatic carbocycles. The van der Waals surface area contributed by atoms with Gasteiger partial charge < -0.3 is 0 Å². The molecule has 0 aliphatic heterocycles. The Hall–Kier alpha value is -1.88. The normalized spacial score (nSPS) is 11.2. The van der Waals surface area contributed by atoms with Gasteiger partial charge in [0.05, 0.1) is 21.7 Å². The zero-order valence-electron chi connectivity index (χ0n) is 10.5. The van der Waals surface area contributed by atoms with E-state index in [1.54, 1.807) is 24.1 Å². The van der Waals surface area contributed by atoms with Gasteiger partial charge >= 0.3 is 0 Å². The molecule has 1 aromatic heterocycles. The summed E-state index contributed by atoms with van der Waals surface area (Å²) < 4.78 is 28.2. The van der Waals surface area contributed by atoms with E-state index in [2.05, 4.69) is 9.82 Å². The average molecular weight is 311 g/mol. The van der Waals surface area contributed by atoms with E-state index in [4.69, 9.17) is 16.9 Å². The molecule has 104 valence electrons. The minimum atomic E-state index is -3.68. The summed E-state index contributed by atoms with van der Waals surface area (Å²) in [7, 11) is -1.93. The summed E-state index contributed by atoms with van der Waals surface area (Å²) in [5.41, 5.74) is 0.980. The molecule has 6 nitrogen and oxygen atoms in total. The van der Waals surface area contributed by atoms with Gasteiger partial charge in [0.15, 0.2) is 0 Å². The van der Waals surface area contributed by atoms with Gasteiger partial charge in [0.1, 0.15) is 6.07 Å². The van der Waals surface area contributed by atoms with E-state index in [0.29, 0.717) is 0 Å². The third-order valence-corrected chi connectivity index (χ3v) is 4.31. The number of benzene rings is 1. The highest BCUT2D eigenvalue weighted by Crippen LogP contribution is 2.20. The van der Waals surface area contributed by atoms with Crippen LogP contribution in [0, 0.1) is 11.3 Å². The highest BCUT2D eigenvalue weighted by atomic mass is 35.5. The minimum Gasteiger partial charge on any atom is -0.275 e. The standard InChI is InChI=1S/C12H11ClN4O2S/c1-17-8-9(6-15-17)7-16-20(18,19)11-3-2-10(5-14)12(13)4-11/h2-4,6,8,16H,7H2,1H3. The summed E-state index contributed by atoms with van der Waals surface area (Å²) in [5, 5.41) is 12.8. The first-order chi connectivity index (χ1) is 9.42. The summed E-state index contributed by atoms with van der Waals surface area (Å²) in [4.78, 5) is 0.0189. The van der Waals surface area contributed by atoms with Crippen LogP contribution in [0.2, 0.25) is 5.02 Å². The fourth-order valence-corrected chi connectivity index (χ4v) is 2.91. The second-order valence-electron chi connectivity index (χ2n) is 4.10. The van der Waals surface area contributed by atoms with E-state index in [0.717, 1.165) is 5.56 Å². The van der Waals surface area contributed by atoms with Crippen LogP contribution in [0.25, 0.3) is 0 Å². The first-order valence-electron chi connectivity index (χ1n) is 5.59. The maximum Gasteiger partial charge on any atom is 0.240 e. The molecule has 1 N–H and O–H groups in total. The quantitative estimate of drug-likeness (QED) is 0.925. The van der Waals surface area contributed by atoms with Crippen LogP contribution in [0.1, 0.15) is 11.1 Å². The van der Waals surface area contributed by atoms with Crippen LogP contribution in [-0.2, 0) is 23.6 Å². The van der Waals surface area contributed by atoms with Crippen molar-refractivity contribution >= 4 is 21.6 Å². The number of hydrogen-bond acceptors (Lipinski definition) is 4. The third kappa shape index (κ3) is 3.17. The summed E-state index contributed by atoms with van der Waals surface area (Å²) >= 11 is 5.83. The lowest BCUT2D eigenvalue weighted by molar-refractivity contribution is 0.581. The molecule has 2 aromatic rings. The smallest absolute Gasteiger partial charge is 0.240 e. The van der Waals surface area contributed by atoms with Gasteiger partial charge in [-0.3, -0.25) is 4.68 Å². The lowest BCUT2D eigenvalue weighted by Gasteiger charge is -2.06. The molecule has 8 heteroatoms. The number of nitrogens with one attached hydrogen (secondary N) is 1. The highest BCUT2D eigenvalue weighted by molar-refractivity contribution is 7.89. The second kappa shape index (κ2) is 5.63. The third-order valence-electron chi connectivity index (χ3n) is 2.60. The predicted octanol–water partition coefficient (Wildman–Crippen LogP) is 1.42. The number of nitrogens with zero attached hydrogens (tertiary/aromatic N) is 3.